The second-order valence-corrected chi connectivity index (χ2v) is 8.98. The predicted molar refractivity (Wildman–Crippen MR) is 127 cm³/mol. The minimum atomic E-state index is -4.78. The Morgan fingerprint density at radius 2 is 1.81 bits per heavy atom. The fourth-order valence-corrected chi connectivity index (χ4v) is 3.26. The monoisotopic (exact) mass is 529 g/mol. The Balaban J connectivity index is 0.00000235. The largest absolute Gasteiger partial charge is 0.444 e. The number of likely N-dealkylation sites (tertiary alicyclic amines) is 1. The van der Waals surface area contributed by atoms with Crippen molar-refractivity contribution < 1.29 is 41.7 Å². The van der Waals surface area contributed by atoms with Gasteiger partial charge in [0.1, 0.15) is 29.3 Å². The molecule has 2 atom stereocenters. The van der Waals surface area contributed by atoms with Crippen LogP contribution in [0.25, 0.3) is 0 Å². The first-order valence-corrected chi connectivity index (χ1v) is 11.7. The van der Waals surface area contributed by atoms with Crippen molar-refractivity contribution in [1.82, 2.24) is 15.2 Å². The molecule has 204 valence electrons. The summed E-state index contributed by atoms with van der Waals surface area (Å²) in [7, 11) is 0. The van der Waals surface area contributed by atoms with Crippen LogP contribution in [0.4, 0.5) is 22.4 Å². The summed E-state index contributed by atoms with van der Waals surface area (Å²) in [5.74, 6) is -0.954. The van der Waals surface area contributed by atoms with Crippen molar-refractivity contribution in [2.24, 2.45) is 0 Å². The van der Waals surface area contributed by atoms with E-state index in [0.717, 1.165) is 11.0 Å². The van der Waals surface area contributed by atoms with Gasteiger partial charge in [-0.2, -0.15) is 13.2 Å². The molecule has 0 radical (unpaired) electrons. The quantitative estimate of drug-likeness (QED) is 0.523. The molecule has 2 unspecified atom stereocenters. The van der Waals surface area contributed by atoms with E-state index in [-0.39, 0.29) is 36.5 Å². The number of nitrogens with one attached hydrogen (secondary N) is 1. The molecule has 0 bridgehead atoms. The number of aliphatic hydroxyl groups is 1. The van der Waals surface area contributed by atoms with Crippen molar-refractivity contribution in [3.05, 3.63) is 53.2 Å². The number of alkyl carbamates (subject to hydrolysis) is 1. The Morgan fingerprint density at radius 3 is 2.38 bits per heavy atom. The lowest BCUT2D eigenvalue weighted by molar-refractivity contribution is -0.141. The average Bonchev–Trinajstić information content (AvgIpc) is 3.15. The van der Waals surface area contributed by atoms with Crippen molar-refractivity contribution >= 4 is 12.0 Å². The standard InChI is InChI=1S/C23H25F4N3O5.C2H6/c1-22(2,3)35-21(33)28-10-13-7-18(23(25,26)27)29-19(8-13)34-15-6-4-5-14(9-15)20(32)30-11-16(24)17(31)12-30;1-2/h4-9,16-17,31H,10-12H2,1-3H3,(H,28,33);1-2H3. The zero-order valence-electron chi connectivity index (χ0n) is 21.2. The number of carbonyl (C=O) groups excluding carboxylic acids is 2. The van der Waals surface area contributed by atoms with E-state index >= 15 is 0 Å². The van der Waals surface area contributed by atoms with E-state index in [1.54, 1.807) is 20.8 Å². The number of β-amino-alcohol motifs (C(OH)–C–C–N with tert-alkyl or cyclic N) is 1. The van der Waals surface area contributed by atoms with Gasteiger partial charge in [0.05, 0.1) is 6.54 Å². The number of ether oxygens (including phenoxy) is 2. The van der Waals surface area contributed by atoms with E-state index in [1.165, 1.54) is 30.3 Å². The van der Waals surface area contributed by atoms with Crippen molar-refractivity contribution in [3.63, 3.8) is 0 Å². The Morgan fingerprint density at radius 1 is 1.14 bits per heavy atom. The molecule has 0 spiro atoms. The third-order valence-corrected chi connectivity index (χ3v) is 4.80. The molecule has 1 aliphatic rings. The van der Waals surface area contributed by atoms with Gasteiger partial charge in [0, 0.05) is 24.7 Å². The average molecular weight is 530 g/mol. The molecule has 1 aromatic carbocycles. The number of alkyl halides is 4. The zero-order chi connectivity index (χ0) is 28.0. The first kappa shape index (κ1) is 29.8. The number of halogens is 4. The molecular formula is C25H31F4N3O5. The fraction of sp³-hybridized carbons (Fsp3) is 0.480. The second-order valence-electron chi connectivity index (χ2n) is 8.98. The summed E-state index contributed by atoms with van der Waals surface area (Å²) in [5, 5.41) is 11.9. The lowest BCUT2D eigenvalue weighted by atomic mass is 10.2. The molecule has 2 N–H and O–H groups in total. The predicted octanol–water partition coefficient (Wildman–Crippen LogP) is 5.10. The first-order chi connectivity index (χ1) is 17.2. The zero-order valence-corrected chi connectivity index (χ0v) is 21.2. The van der Waals surface area contributed by atoms with E-state index in [2.05, 4.69) is 10.3 Å². The highest BCUT2D eigenvalue weighted by molar-refractivity contribution is 5.94. The molecule has 0 aliphatic carbocycles. The number of benzene rings is 1. The van der Waals surface area contributed by atoms with E-state index in [1.807, 2.05) is 13.8 Å². The van der Waals surface area contributed by atoms with Gasteiger partial charge in [-0.3, -0.25) is 4.79 Å². The normalized spacial score (nSPS) is 17.5. The number of rotatable bonds is 5. The Labute approximate surface area is 212 Å². The number of aromatic nitrogens is 1. The van der Waals surface area contributed by atoms with Crippen LogP contribution < -0.4 is 10.1 Å². The molecule has 1 fully saturated rings. The minimum absolute atomic E-state index is 0.0188. The van der Waals surface area contributed by atoms with Gasteiger partial charge in [0.25, 0.3) is 5.91 Å². The Kier molecular flexibility index (Phi) is 9.85. The molecule has 2 aromatic rings. The summed E-state index contributed by atoms with van der Waals surface area (Å²) < 4.78 is 64.3. The molecule has 2 amide bonds. The van der Waals surface area contributed by atoms with Crippen LogP contribution >= 0.6 is 0 Å². The lowest BCUT2D eigenvalue weighted by Crippen LogP contribution is -2.32. The van der Waals surface area contributed by atoms with Gasteiger partial charge in [0.2, 0.25) is 5.88 Å². The summed E-state index contributed by atoms with van der Waals surface area (Å²) in [6.45, 7) is 8.22. The van der Waals surface area contributed by atoms with Crippen LogP contribution in [0.3, 0.4) is 0 Å². The lowest BCUT2D eigenvalue weighted by Gasteiger charge is -2.20. The highest BCUT2D eigenvalue weighted by atomic mass is 19.4. The summed E-state index contributed by atoms with van der Waals surface area (Å²) in [4.78, 5) is 29.1. The molecule has 1 saturated heterocycles. The maximum atomic E-state index is 13.6. The fourth-order valence-electron chi connectivity index (χ4n) is 3.26. The van der Waals surface area contributed by atoms with Crippen molar-refractivity contribution in [1.29, 1.82) is 0 Å². The number of hydrogen-bond acceptors (Lipinski definition) is 6. The van der Waals surface area contributed by atoms with E-state index in [0.29, 0.717) is 0 Å². The Bertz CT molecular complexity index is 1080. The topological polar surface area (TPSA) is 101 Å². The van der Waals surface area contributed by atoms with Crippen LogP contribution in [-0.2, 0) is 17.5 Å². The first-order valence-electron chi connectivity index (χ1n) is 11.7. The molecule has 12 heteroatoms. The number of amides is 2. The van der Waals surface area contributed by atoms with E-state index < -0.39 is 47.6 Å². The molecule has 37 heavy (non-hydrogen) atoms. The molecule has 0 saturated carbocycles. The van der Waals surface area contributed by atoms with Crippen LogP contribution in [0.15, 0.2) is 36.4 Å². The minimum Gasteiger partial charge on any atom is -0.444 e. The van der Waals surface area contributed by atoms with Gasteiger partial charge in [-0.05, 0) is 50.6 Å². The maximum absolute atomic E-state index is 13.6. The van der Waals surface area contributed by atoms with Gasteiger partial charge >= 0.3 is 12.3 Å². The van der Waals surface area contributed by atoms with Crippen molar-refractivity contribution in [2.45, 2.75) is 65.2 Å². The highest BCUT2D eigenvalue weighted by Crippen LogP contribution is 2.31. The summed E-state index contributed by atoms with van der Waals surface area (Å²) in [6, 6.07) is 7.56. The molecule has 2 heterocycles. The van der Waals surface area contributed by atoms with E-state index in [9.17, 15) is 32.3 Å². The van der Waals surface area contributed by atoms with Gasteiger partial charge in [0.15, 0.2) is 0 Å². The molecular weight excluding hydrogens is 498 g/mol. The molecule has 1 aliphatic heterocycles. The summed E-state index contributed by atoms with van der Waals surface area (Å²) in [6.07, 6.45) is -8.42. The smallest absolute Gasteiger partial charge is 0.433 e. The van der Waals surface area contributed by atoms with Crippen LogP contribution in [-0.4, -0.2) is 58.0 Å². The number of nitrogens with zero attached hydrogens (tertiary/aromatic N) is 2. The third kappa shape index (κ3) is 8.88. The van der Waals surface area contributed by atoms with Crippen LogP contribution in [0.2, 0.25) is 0 Å². The summed E-state index contributed by atoms with van der Waals surface area (Å²) in [5.41, 5.74) is -1.86. The number of pyridine rings is 1. The van der Waals surface area contributed by atoms with Crippen LogP contribution in [0, 0.1) is 0 Å². The van der Waals surface area contributed by atoms with Gasteiger partial charge in [-0.1, -0.05) is 19.9 Å². The highest BCUT2D eigenvalue weighted by Gasteiger charge is 2.35. The second kappa shape index (κ2) is 12.2. The molecule has 3 rings (SSSR count). The molecule has 8 nitrogen and oxygen atoms in total. The van der Waals surface area contributed by atoms with E-state index in [4.69, 9.17) is 9.47 Å². The maximum Gasteiger partial charge on any atom is 0.433 e. The van der Waals surface area contributed by atoms with Crippen molar-refractivity contribution in [2.75, 3.05) is 13.1 Å². The van der Waals surface area contributed by atoms with Gasteiger partial charge in [-0.25, -0.2) is 14.2 Å². The van der Waals surface area contributed by atoms with Crippen LogP contribution in [0.1, 0.15) is 56.2 Å². The third-order valence-electron chi connectivity index (χ3n) is 4.80. The number of hydrogen-bond donors (Lipinski definition) is 2. The summed E-state index contributed by atoms with van der Waals surface area (Å²) >= 11 is 0. The van der Waals surface area contributed by atoms with Crippen LogP contribution in [0.5, 0.6) is 11.6 Å². The molecule has 1 aromatic heterocycles. The Hall–Kier alpha value is -3.41. The van der Waals surface area contributed by atoms with Crippen molar-refractivity contribution in [3.8, 4) is 11.6 Å². The van der Waals surface area contributed by atoms with Gasteiger partial charge < -0.3 is 24.8 Å². The number of aliphatic hydroxyl groups excluding tert-OH is 1. The van der Waals surface area contributed by atoms with Gasteiger partial charge in [-0.15, -0.1) is 0 Å². The number of carbonyl (C=O) groups is 2. The SMILES string of the molecule is CC.CC(C)(C)OC(=O)NCc1cc(Oc2cccc(C(=O)N3CC(O)C(F)C3)c2)nc(C(F)(F)F)c1.